The lowest BCUT2D eigenvalue weighted by Gasteiger charge is -2.40. The summed E-state index contributed by atoms with van der Waals surface area (Å²) in [5, 5.41) is 13.6. The van der Waals surface area contributed by atoms with Crippen LogP contribution < -0.4 is 14.6 Å². The zero-order chi connectivity index (χ0) is 25.0. The van der Waals surface area contributed by atoms with Gasteiger partial charge < -0.3 is 14.6 Å². The molecule has 1 aromatic heterocycles. The normalized spacial score (nSPS) is 19.7. The second-order valence-electron chi connectivity index (χ2n) is 9.39. The summed E-state index contributed by atoms with van der Waals surface area (Å²) in [5.74, 6) is 0.720. The van der Waals surface area contributed by atoms with Crippen LogP contribution in [0.5, 0.6) is 5.75 Å². The van der Waals surface area contributed by atoms with Crippen molar-refractivity contribution in [3.05, 3.63) is 53.5 Å². The number of aryl methyl sites for hydroxylation is 1. The molecule has 0 bridgehead atoms. The van der Waals surface area contributed by atoms with Crippen molar-refractivity contribution in [1.29, 1.82) is 0 Å². The molecule has 2 aliphatic heterocycles. The minimum atomic E-state index is -0.598. The number of thiazole rings is 1. The van der Waals surface area contributed by atoms with Crippen LogP contribution in [0.4, 0.5) is 10.5 Å². The van der Waals surface area contributed by atoms with Gasteiger partial charge in [-0.1, -0.05) is 18.2 Å². The number of aliphatic hydroxyl groups is 1. The second-order valence-corrected chi connectivity index (χ2v) is 10.6. The number of carbonyl (C=O) groups is 1. The molecule has 2 aliphatic rings. The number of rotatable bonds is 7. The molecule has 2 amide bonds. The summed E-state index contributed by atoms with van der Waals surface area (Å²) < 4.78 is 12.8. The molecule has 1 atom stereocenters. The van der Waals surface area contributed by atoms with Crippen LogP contribution in [0.2, 0.25) is 0 Å². The average molecular weight is 513 g/mol. The molecule has 0 spiro atoms. The predicted octanol–water partition coefficient (Wildman–Crippen LogP) is 2.62. The summed E-state index contributed by atoms with van der Waals surface area (Å²) in [4.78, 5) is 20.1. The van der Waals surface area contributed by atoms with Gasteiger partial charge in [0, 0.05) is 38.8 Å². The highest BCUT2D eigenvalue weighted by molar-refractivity contribution is 7.18. The van der Waals surface area contributed by atoms with Crippen LogP contribution >= 0.6 is 11.3 Å². The average Bonchev–Trinajstić information content (AvgIpc) is 3.28. The van der Waals surface area contributed by atoms with Gasteiger partial charge in [-0.25, -0.2) is 24.7 Å². The number of aliphatic hydroxyl groups excluding tert-OH is 1. The van der Waals surface area contributed by atoms with E-state index in [2.05, 4.69) is 15.3 Å². The van der Waals surface area contributed by atoms with Crippen LogP contribution in [0.15, 0.2) is 48.5 Å². The summed E-state index contributed by atoms with van der Waals surface area (Å²) in [7, 11) is 0. The van der Waals surface area contributed by atoms with Crippen molar-refractivity contribution in [3.63, 3.8) is 0 Å². The van der Waals surface area contributed by atoms with Gasteiger partial charge in [-0.2, -0.15) is 0 Å². The van der Waals surface area contributed by atoms with Crippen molar-refractivity contribution in [2.75, 3.05) is 65.6 Å². The lowest BCUT2D eigenvalue weighted by atomic mass is 10.2. The Morgan fingerprint density at radius 3 is 2.67 bits per heavy atom. The Labute approximate surface area is 215 Å². The van der Waals surface area contributed by atoms with E-state index in [1.165, 1.54) is 0 Å². The summed E-state index contributed by atoms with van der Waals surface area (Å²) in [5.41, 5.74) is 5.07. The molecule has 0 aliphatic carbocycles. The Morgan fingerprint density at radius 2 is 1.92 bits per heavy atom. The monoisotopic (exact) mass is 512 g/mol. The zero-order valence-corrected chi connectivity index (χ0v) is 21.5. The van der Waals surface area contributed by atoms with Crippen LogP contribution in [-0.2, 0) is 4.74 Å². The van der Waals surface area contributed by atoms with Gasteiger partial charge in [0.25, 0.3) is 0 Å². The number of benzene rings is 2. The molecule has 2 saturated heterocycles. The van der Waals surface area contributed by atoms with E-state index in [1.54, 1.807) is 11.3 Å². The van der Waals surface area contributed by atoms with Crippen LogP contribution in [-0.4, -0.2) is 97.8 Å². The lowest BCUT2D eigenvalue weighted by Crippen LogP contribution is -2.67. The number of hydrazine groups is 1. The number of para-hydroxylation sites is 1. The Bertz CT molecular complexity index is 1160. The smallest absolute Gasteiger partial charge is 0.436 e. The molecule has 9 nitrogen and oxygen atoms in total. The molecule has 192 valence electrons. The molecule has 2 N–H and O–H groups in total. The van der Waals surface area contributed by atoms with E-state index in [0.29, 0.717) is 45.9 Å². The van der Waals surface area contributed by atoms with E-state index < -0.39 is 6.10 Å². The molecular weight excluding hydrogens is 478 g/mol. The Balaban J connectivity index is 1.09. The maximum Gasteiger partial charge on any atom is 0.436 e. The van der Waals surface area contributed by atoms with Gasteiger partial charge in [-0.15, -0.1) is 11.3 Å². The Kier molecular flexibility index (Phi) is 7.80. The van der Waals surface area contributed by atoms with E-state index >= 15 is 0 Å². The molecule has 5 rings (SSSR count). The number of hydrogen-bond acceptors (Lipinski definition) is 8. The van der Waals surface area contributed by atoms with Crippen molar-refractivity contribution in [1.82, 2.24) is 24.8 Å². The molecular formula is C26H34N5O4S+. The molecule has 0 unspecified atom stereocenters. The number of urea groups is 1. The van der Waals surface area contributed by atoms with Gasteiger partial charge in [0.05, 0.1) is 28.4 Å². The number of morpholine rings is 1. The number of hydrogen-bond donors (Lipinski definition) is 2. The number of nitrogens with one attached hydrogen (secondary N) is 1. The number of amides is 2. The molecule has 3 heterocycles. The minimum Gasteiger partial charge on any atom is -0.491 e. The molecule has 0 radical (unpaired) electrons. The van der Waals surface area contributed by atoms with E-state index in [-0.39, 0.29) is 17.1 Å². The van der Waals surface area contributed by atoms with Crippen molar-refractivity contribution in [3.8, 4) is 5.75 Å². The van der Waals surface area contributed by atoms with Crippen LogP contribution in [0, 0.1) is 6.92 Å². The highest BCUT2D eigenvalue weighted by atomic mass is 32.1. The van der Waals surface area contributed by atoms with Gasteiger partial charge in [0.1, 0.15) is 37.2 Å². The molecule has 3 aromatic rings. The van der Waals surface area contributed by atoms with Gasteiger partial charge in [-0.05, 0) is 31.2 Å². The van der Waals surface area contributed by atoms with Crippen molar-refractivity contribution in [2.45, 2.75) is 13.0 Å². The van der Waals surface area contributed by atoms with Crippen molar-refractivity contribution >= 4 is 33.3 Å². The third-order valence-electron chi connectivity index (χ3n) is 6.88. The fourth-order valence-corrected chi connectivity index (χ4v) is 5.68. The zero-order valence-electron chi connectivity index (χ0n) is 20.6. The third-order valence-corrected chi connectivity index (χ3v) is 7.83. The topological polar surface area (TPSA) is 87.2 Å². The first-order chi connectivity index (χ1) is 17.5. The number of fused-ring (bicyclic) bond motifs is 1. The fourth-order valence-electron chi connectivity index (χ4n) is 4.88. The third kappa shape index (κ3) is 5.69. The van der Waals surface area contributed by atoms with E-state index in [0.717, 1.165) is 39.8 Å². The molecule has 36 heavy (non-hydrogen) atoms. The number of β-amino-alcohol motifs (C(OH)–C–C–N with tert-alkyl or cyclic N) is 1. The van der Waals surface area contributed by atoms with Crippen molar-refractivity contribution < 1.29 is 19.4 Å². The molecule has 2 fully saturated rings. The van der Waals surface area contributed by atoms with Gasteiger partial charge in [0.15, 0.2) is 0 Å². The summed E-state index contributed by atoms with van der Waals surface area (Å²) >= 11 is 1.66. The number of piperazine rings is 1. The Morgan fingerprint density at radius 1 is 1.17 bits per heavy atom. The van der Waals surface area contributed by atoms with E-state index in [1.807, 2.05) is 60.5 Å². The first-order valence-electron chi connectivity index (χ1n) is 12.5. The minimum absolute atomic E-state index is 0.0151. The SMILES string of the molecule is Cc1nc2cc(OC[C@H](O)CN3CCN(NC(=O)[N+]4(c5ccccc5)CCOCC4)CC3)ccc2s1. The van der Waals surface area contributed by atoms with Crippen LogP contribution in [0.3, 0.4) is 0 Å². The first kappa shape index (κ1) is 25.1. The first-order valence-corrected chi connectivity index (χ1v) is 13.3. The number of aromatic nitrogens is 1. The highest BCUT2D eigenvalue weighted by Gasteiger charge is 2.42. The molecule has 0 saturated carbocycles. The molecule has 10 heteroatoms. The lowest BCUT2D eigenvalue weighted by molar-refractivity contribution is 0.0271. The van der Waals surface area contributed by atoms with E-state index in [4.69, 9.17) is 9.47 Å². The standard InChI is InChI=1S/C26H33N5O4S/c1-20-27-24-17-23(7-8-25(24)36-20)35-19-22(32)18-29-9-11-30(12-10-29)28-26(33)31(13-15-34-16-14-31)21-5-3-2-4-6-21/h2-8,17,22,32H,9-16,18-19H2,1H3/p+1/t22-/m1/s1. The van der Waals surface area contributed by atoms with Crippen LogP contribution in [0.25, 0.3) is 10.2 Å². The fraction of sp³-hybridized carbons (Fsp3) is 0.462. The quantitative estimate of drug-likeness (QED) is 0.471. The van der Waals surface area contributed by atoms with Gasteiger partial charge >= 0.3 is 6.03 Å². The summed E-state index contributed by atoms with van der Waals surface area (Å²) in [6, 6.07) is 15.8. The van der Waals surface area contributed by atoms with E-state index in [9.17, 15) is 9.90 Å². The summed E-state index contributed by atoms with van der Waals surface area (Å²) in [6.07, 6.45) is -0.598. The number of ether oxygens (including phenoxy) is 2. The predicted molar refractivity (Wildman–Crippen MR) is 141 cm³/mol. The second kappa shape index (κ2) is 11.2. The Hall–Kier alpha value is -2.60. The van der Waals surface area contributed by atoms with Crippen molar-refractivity contribution in [2.24, 2.45) is 0 Å². The summed E-state index contributed by atoms with van der Waals surface area (Å²) in [6.45, 7) is 8.03. The largest absolute Gasteiger partial charge is 0.491 e. The maximum atomic E-state index is 13.4. The molecule has 2 aromatic carbocycles. The number of nitrogens with zero attached hydrogens (tertiary/aromatic N) is 4. The van der Waals surface area contributed by atoms with Gasteiger partial charge in [0.2, 0.25) is 0 Å². The number of carbonyl (C=O) groups excluding carboxylic acids is 1. The maximum absolute atomic E-state index is 13.4. The van der Waals surface area contributed by atoms with Gasteiger partial charge in [-0.3, -0.25) is 4.90 Å². The van der Waals surface area contributed by atoms with Crippen LogP contribution in [0.1, 0.15) is 5.01 Å². The number of quaternary nitrogens is 1. The highest BCUT2D eigenvalue weighted by Crippen LogP contribution is 2.26.